The molecule has 0 aromatic carbocycles. The van der Waals surface area contributed by atoms with Crippen LogP contribution in [0.2, 0.25) is 10.3 Å². The number of aromatic nitrogens is 3. The summed E-state index contributed by atoms with van der Waals surface area (Å²) in [6.07, 6.45) is 4.70. The van der Waals surface area contributed by atoms with E-state index in [1.807, 2.05) is 12.3 Å². The van der Waals surface area contributed by atoms with Crippen LogP contribution in [0.3, 0.4) is 0 Å². The van der Waals surface area contributed by atoms with Crippen molar-refractivity contribution in [1.82, 2.24) is 15.0 Å². The van der Waals surface area contributed by atoms with Gasteiger partial charge in [0.2, 0.25) is 0 Å². The molecule has 100 valence electrons. The molecule has 0 radical (unpaired) electrons. The van der Waals surface area contributed by atoms with E-state index in [0.29, 0.717) is 22.0 Å². The van der Waals surface area contributed by atoms with Crippen LogP contribution in [0.25, 0.3) is 11.5 Å². The van der Waals surface area contributed by atoms with E-state index in [1.54, 1.807) is 11.3 Å². The molecule has 1 aliphatic rings. The van der Waals surface area contributed by atoms with Crippen molar-refractivity contribution in [3.63, 3.8) is 0 Å². The monoisotopic (exact) mass is 313 g/mol. The normalized spacial score (nSPS) is 16.2. The predicted molar refractivity (Wildman–Crippen MR) is 79.1 cm³/mol. The Morgan fingerprint density at radius 2 is 1.74 bits per heavy atom. The molecule has 1 saturated carbocycles. The molecule has 0 unspecified atom stereocenters. The lowest BCUT2D eigenvalue weighted by Crippen LogP contribution is -2.01. The van der Waals surface area contributed by atoms with Crippen molar-refractivity contribution in [2.24, 2.45) is 0 Å². The molecular formula is C13H13Cl2N3S. The summed E-state index contributed by atoms with van der Waals surface area (Å²) in [6, 6.07) is 0. The molecule has 0 bridgehead atoms. The van der Waals surface area contributed by atoms with Crippen LogP contribution in [0.4, 0.5) is 0 Å². The number of aryl methyl sites for hydroxylation is 1. The van der Waals surface area contributed by atoms with E-state index in [0.717, 1.165) is 29.1 Å². The molecule has 2 aromatic heterocycles. The second kappa shape index (κ2) is 5.35. The lowest BCUT2D eigenvalue weighted by atomic mass is 10.0. The fourth-order valence-electron chi connectivity index (χ4n) is 2.55. The second-order valence-corrected chi connectivity index (χ2v) is 6.55. The van der Waals surface area contributed by atoms with Crippen LogP contribution in [0, 0.1) is 6.92 Å². The number of hydrogen-bond acceptors (Lipinski definition) is 4. The SMILES string of the molecule is Cc1nc(-c2nc(Cl)c(C3CCCC3)c(Cl)n2)cs1. The van der Waals surface area contributed by atoms with Gasteiger partial charge in [0, 0.05) is 10.9 Å². The lowest BCUT2D eigenvalue weighted by Gasteiger charge is -2.13. The van der Waals surface area contributed by atoms with Crippen LogP contribution in [-0.2, 0) is 0 Å². The van der Waals surface area contributed by atoms with Crippen LogP contribution in [0.1, 0.15) is 42.2 Å². The second-order valence-electron chi connectivity index (χ2n) is 4.78. The Kier molecular flexibility index (Phi) is 3.74. The minimum absolute atomic E-state index is 0.409. The number of nitrogens with zero attached hydrogens (tertiary/aromatic N) is 3. The minimum atomic E-state index is 0.409. The van der Waals surface area contributed by atoms with E-state index in [9.17, 15) is 0 Å². The van der Waals surface area contributed by atoms with E-state index in [-0.39, 0.29) is 0 Å². The first-order valence-corrected chi connectivity index (χ1v) is 7.94. The van der Waals surface area contributed by atoms with Crippen molar-refractivity contribution >= 4 is 34.5 Å². The van der Waals surface area contributed by atoms with Gasteiger partial charge in [0.15, 0.2) is 5.82 Å². The average Bonchev–Trinajstić information content (AvgIpc) is 2.99. The molecular weight excluding hydrogens is 301 g/mol. The van der Waals surface area contributed by atoms with E-state index in [1.165, 1.54) is 12.8 Å². The quantitative estimate of drug-likeness (QED) is 0.742. The number of rotatable bonds is 2. The highest BCUT2D eigenvalue weighted by Gasteiger charge is 2.25. The van der Waals surface area contributed by atoms with E-state index in [2.05, 4.69) is 15.0 Å². The molecule has 0 saturated heterocycles. The van der Waals surface area contributed by atoms with Crippen LogP contribution >= 0.6 is 34.5 Å². The first-order chi connectivity index (χ1) is 9.15. The third-order valence-corrected chi connectivity index (χ3v) is 4.81. The van der Waals surface area contributed by atoms with Gasteiger partial charge in [-0.15, -0.1) is 11.3 Å². The maximum atomic E-state index is 6.31. The molecule has 19 heavy (non-hydrogen) atoms. The Balaban J connectivity index is 2.02. The third kappa shape index (κ3) is 2.62. The Labute approximate surface area is 126 Å². The summed E-state index contributed by atoms with van der Waals surface area (Å²) in [5.41, 5.74) is 1.65. The molecule has 6 heteroatoms. The molecule has 0 spiro atoms. The standard InChI is InChI=1S/C13H13Cl2N3S/c1-7-16-9(6-19-7)13-17-11(14)10(12(15)18-13)8-4-2-3-5-8/h6,8H,2-5H2,1H3. The van der Waals surface area contributed by atoms with Gasteiger partial charge in [0.1, 0.15) is 16.0 Å². The summed E-state index contributed by atoms with van der Waals surface area (Å²) in [6.45, 7) is 1.95. The summed E-state index contributed by atoms with van der Waals surface area (Å²) < 4.78 is 0. The first-order valence-electron chi connectivity index (χ1n) is 6.30. The highest BCUT2D eigenvalue weighted by molar-refractivity contribution is 7.09. The smallest absolute Gasteiger partial charge is 0.181 e. The Morgan fingerprint density at radius 3 is 2.26 bits per heavy atom. The Bertz CT molecular complexity index is 583. The number of hydrogen-bond donors (Lipinski definition) is 0. The van der Waals surface area contributed by atoms with Crippen molar-refractivity contribution in [3.05, 3.63) is 26.3 Å². The van der Waals surface area contributed by atoms with Crippen LogP contribution in [-0.4, -0.2) is 15.0 Å². The topological polar surface area (TPSA) is 38.7 Å². The predicted octanol–water partition coefficient (Wildman–Crippen LogP) is 4.87. The van der Waals surface area contributed by atoms with Gasteiger partial charge in [-0.1, -0.05) is 36.0 Å². The zero-order valence-corrected chi connectivity index (χ0v) is 12.8. The van der Waals surface area contributed by atoms with Crippen LogP contribution < -0.4 is 0 Å². The highest BCUT2D eigenvalue weighted by Crippen LogP contribution is 2.40. The molecule has 0 atom stereocenters. The van der Waals surface area contributed by atoms with Crippen molar-refractivity contribution in [2.75, 3.05) is 0 Å². The summed E-state index contributed by atoms with van der Waals surface area (Å²) in [5.74, 6) is 0.923. The van der Waals surface area contributed by atoms with E-state index in [4.69, 9.17) is 23.2 Å². The fraction of sp³-hybridized carbons (Fsp3) is 0.462. The summed E-state index contributed by atoms with van der Waals surface area (Å²) >= 11 is 14.2. The molecule has 3 rings (SSSR count). The number of thiazole rings is 1. The molecule has 2 heterocycles. The molecule has 0 aliphatic heterocycles. The number of halogens is 2. The third-order valence-electron chi connectivity index (χ3n) is 3.46. The Hall–Kier alpha value is -0.710. The zero-order valence-electron chi connectivity index (χ0n) is 10.5. The Morgan fingerprint density at radius 1 is 1.11 bits per heavy atom. The molecule has 3 nitrogen and oxygen atoms in total. The summed E-state index contributed by atoms with van der Waals surface area (Å²) in [5, 5.41) is 3.86. The van der Waals surface area contributed by atoms with Gasteiger partial charge in [0.05, 0.1) is 5.01 Å². The van der Waals surface area contributed by atoms with Crippen molar-refractivity contribution in [1.29, 1.82) is 0 Å². The summed E-state index contributed by atoms with van der Waals surface area (Å²) in [7, 11) is 0. The molecule has 1 fully saturated rings. The average molecular weight is 314 g/mol. The molecule has 0 amide bonds. The molecule has 1 aliphatic carbocycles. The van der Waals surface area contributed by atoms with Crippen molar-refractivity contribution in [3.8, 4) is 11.5 Å². The largest absolute Gasteiger partial charge is 0.238 e. The maximum Gasteiger partial charge on any atom is 0.181 e. The van der Waals surface area contributed by atoms with Gasteiger partial charge in [-0.05, 0) is 25.7 Å². The van der Waals surface area contributed by atoms with Crippen molar-refractivity contribution < 1.29 is 0 Å². The van der Waals surface area contributed by atoms with Crippen LogP contribution in [0.5, 0.6) is 0 Å². The van der Waals surface area contributed by atoms with Gasteiger partial charge in [-0.2, -0.15) is 0 Å². The molecule has 0 N–H and O–H groups in total. The maximum absolute atomic E-state index is 6.31. The van der Waals surface area contributed by atoms with Gasteiger partial charge >= 0.3 is 0 Å². The first kappa shape index (κ1) is 13.3. The van der Waals surface area contributed by atoms with Gasteiger partial charge in [-0.3, -0.25) is 0 Å². The van der Waals surface area contributed by atoms with Gasteiger partial charge in [0.25, 0.3) is 0 Å². The van der Waals surface area contributed by atoms with Crippen LogP contribution in [0.15, 0.2) is 5.38 Å². The fourth-order valence-corrected chi connectivity index (χ4v) is 3.84. The highest BCUT2D eigenvalue weighted by atomic mass is 35.5. The molecule has 2 aromatic rings. The van der Waals surface area contributed by atoms with Gasteiger partial charge in [-0.25, -0.2) is 15.0 Å². The lowest BCUT2D eigenvalue weighted by molar-refractivity contribution is 0.715. The minimum Gasteiger partial charge on any atom is -0.238 e. The zero-order chi connectivity index (χ0) is 13.4. The van der Waals surface area contributed by atoms with Crippen molar-refractivity contribution in [2.45, 2.75) is 38.5 Å². The van der Waals surface area contributed by atoms with E-state index >= 15 is 0 Å². The van der Waals surface area contributed by atoms with E-state index < -0.39 is 0 Å². The van der Waals surface area contributed by atoms with Gasteiger partial charge < -0.3 is 0 Å². The summed E-state index contributed by atoms with van der Waals surface area (Å²) in [4.78, 5) is 13.1.